The van der Waals surface area contributed by atoms with E-state index in [4.69, 9.17) is 4.74 Å². The van der Waals surface area contributed by atoms with Crippen LogP contribution in [0.1, 0.15) is 27.0 Å². The molecule has 0 saturated carbocycles. The fourth-order valence-corrected chi connectivity index (χ4v) is 3.76. The lowest BCUT2D eigenvalue weighted by Gasteiger charge is -2.13. The largest absolute Gasteiger partial charge is 0.478 e. The number of nitrogens with one attached hydrogen (secondary N) is 1. The fraction of sp³-hybridized carbons (Fsp3) is 0.235. The first kappa shape index (κ1) is 18.0. The van der Waals surface area contributed by atoms with Crippen LogP contribution < -0.4 is 4.72 Å². The molecule has 24 heavy (non-hydrogen) atoms. The fourth-order valence-electron chi connectivity index (χ4n) is 2.45. The van der Waals surface area contributed by atoms with Crippen molar-refractivity contribution in [1.82, 2.24) is 0 Å². The van der Waals surface area contributed by atoms with E-state index in [-0.39, 0.29) is 10.5 Å². The average molecular weight is 349 g/mol. The number of carbonyl (C=O) groups is 1. The molecular formula is C17H19NO5S. The van der Waals surface area contributed by atoms with Gasteiger partial charge in [0, 0.05) is 12.8 Å². The number of anilines is 1. The highest BCUT2D eigenvalue weighted by Gasteiger charge is 2.21. The van der Waals surface area contributed by atoms with Crippen molar-refractivity contribution in [3.8, 4) is 0 Å². The number of ether oxygens (including phenoxy) is 1. The Kier molecular flexibility index (Phi) is 5.26. The molecule has 2 aromatic carbocycles. The molecule has 0 aliphatic heterocycles. The molecular weight excluding hydrogens is 330 g/mol. The topological polar surface area (TPSA) is 92.7 Å². The normalized spacial score (nSPS) is 11.3. The summed E-state index contributed by atoms with van der Waals surface area (Å²) in [6, 6.07) is 9.58. The van der Waals surface area contributed by atoms with Gasteiger partial charge in [-0.3, -0.25) is 4.72 Å². The number of carboxylic acid groups (broad SMARTS) is 1. The van der Waals surface area contributed by atoms with E-state index in [9.17, 15) is 18.3 Å². The summed E-state index contributed by atoms with van der Waals surface area (Å²) in [5.41, 5.74) is 2.18. The third kappa shape index (κ3) is 3.93. The van der Waals surface area contributed by atoms with Gasteiger partial charge in [0.2, 0.25) is 0 Å². The lowest BCUT2D eigenvalue weighted by molar-refractivity contribution is 0.0696. The second-order valence-corrected chi connectivity index (χ2v) is 7.13. The summed E-state index contributed by atoms with van der Waals surface area (Å²) >= 11 is 0. The summed E-state index contributed by atoms with van der Waals surface area (Å²) in [6.07, 6.45) is 0. The van der Waals surface area contributed by atoms with Crippen LogP contribution in [0.5, 0.6) is 0 Å². The molecule has 0 unspecified atom stereocenters. The Bertz CT molecular complexity index is 875. The van der Waals surface area contributed by atoms with Gasteiger partial charge in [-0.25, -0.2) is 13.2 Å². The molecule has 7 heteroatoms. The number of sulfonamides is 1. The van der Waals surface area contributed by atoms with Crippen LogP contribution >= 0.6 is 0 Å². The van der Waals surface area contributed by atoms with Crippen molar-refractivity contribution < 1.29 is 23.1 Å². The number of aryl methyl sites for hydroxylation is 2. The smallest absolute Gasteiger partial charge is 0.335 e. The van der Waals surface area contributed by atoms with Gasteiger partial charge in [0.25, 0.3) is 10.0 Å². The van der Waals surface area contributed by atoms with Gasteiger partial charge in [0.05, 0.1) is 17.1 Å². The van der Waals surface area contributed by atoms with Crippen molar-refractivity contribution >= 4 is 21.7 Å². The molecule has 0 spiro atoms. The van der Waals surface area contributed by atoms with Crippen molar-refractivity contribution in [3.63, 3.8) is 0 Å². The van der Waals surface area contributed by atoms with Gasteiger partial charge in [-0.1, -0.05) is 18.2 Å². The number of methoxy groups -OCH3 is 1. The van der Waals surface area contributed by atoms with Gasteiger partial charge in [-0.05, 0) is 48.7 Å². The summed E-state index contributed by atoms with van der Waals surface area (Å²) in [5.74, 6) is -1.16. The minimum atomic E-state index is -3.90. The van der Waals surface area contributed by atoms with Crippen molar-refractivity contribution in [2.45, 2.75) is 25.3 Å². The standard InChI is InChI=1S/C17H19NO5S/c1-11-7-12(2)16(9-15(11)17(19)20)24(21,22)18-14-6-4-5-13(8-14)10-23-3/h4-9,18H,10H2,1-3H3,(H,19,20). The highest BCUT2D eigenvalue weighted by Crippen LogP contribution is 2.23. The molecule has 0 aliphatic rings. The highest BCUT2D eigenvalue weighted by atomic mass is 32.2. The molecule has 0 aliphatic carbocycles. The molecule has 6 nitrogen and oxygen atoms in total. The Hall–Kier alpha value is -2.38. The Morgan fingerprint density at radius 3 is 2.50 bits per heavy atom. The lowest BCUT2D eigenvalue weighted by Crippen LogP contribution is -2.16. The predicted molar refractivity (Wildman–Crippen MR) is 90.8 cm³/mol. The number of aromatic carboxylic acids is 1. The zero-order valence-corrected chi connectivity index (χ0v) is 14.5. The number of rotatable bonds is 6. The first-order valence-electron chi connectivity index (χ1n) is 7.20. The molecule has 0 saturated heterocycles. The maximum absolute atomic E-state index is 12.6. The van der Waals surface area contributed by atoms with Crippen molar-refractivity contribution in [2.75, 3.05) is 11.8 Å². The third-order valence-corrected chi connectivity index (χ3v) is 5.06. The number of hydrogen-bond donors (Lipinski definition) is 2. The molecule has 0 fully saturated rings. The highest BCUT2D eigenvalue weighted by molar-refractivity contribution is 7.92. The Morgan fingerprint density at radius 2 is 1.88 bits per heavy atom. The van der Waals surface area contributed by atoms with Crippen LogP contribution in [-0.4, -0.2) is 26.6 Å². The predicted octanol–water partition coefficient (Wildman–Crippen LogP) is 2.95. The lowest BCUT2D eigenvalue weighted by atomic mass is 10.1. The van der Waals surface area contributed by atoms with Crippen LogP contribution in [0, 0.1) is 13.8 Å². The van der Waals surface area contributed by atoms with E-state index in [2.05, 4.69) is 4.72 Å². The molecule has 2 aromatic rings. The molecule has 0 atom stereocenters. The molecule has 0 amide bonds. The Labute approximate surface area is 141 Å². The molecule has 128 valence electrons. The van der Waals surface area contributed by atoms with Gasteiger partial charge in [0.1, 0.15) is 0 Å². The second kappa shape index (κ2) is 7.02. The number of benzene rings is 2. The zero-order chi connectivity index (χ0) is 17.9. The van der Waals surface area contributed by atoms with Crippen LogP contribution in [0.25, 0.3) is 0 Å². The number of hydrogen-bond acceptors (Lipinski definition) is 4. The molecule has 0 aromatic heterocycles. The van der Waals surface area contributed by atoms with Gasteiger partial charge in [-0.15, -0.1) is 0 Å². The Balaban J connectivity index is 2.42. The minimum absolute atomic E-state index is 0.0332. The summed E-state index contributed by atoms with van der Waals surface area (Å²) in [6.45, 7) is 3.63. The van der Waals surface area contributed by atoms with Crippen LogP contribution in [0.15, 0.2) is 41.3 Å². The van der Waals surface area contributed by atoms with Crippen molar-refractivity contribution in [3.05, 3.63) is 58.7 Å². The van der Waals surface area contributed by atoms with Crippen LogP contribution in [-0.2, 0) is 21.4 Å². The number of carboxylic acids is 1. The summed E-state index contributed by atoms with van der Waals surface area (Å²) in [5, 5.41) is 9.20. The maximum Gasteiger partial charge on any atom is 0.335 e. The minimum Gasteiger partial charge on any atom is -0.478 e. The summed E-state index contributed by atoms with van der Waals surface area (Å²) < 4.78 is 32.8. The Morgan fingerprint density at radius 1 is 1.17 bits per heavy atom. The third-order valence-electron chi connectivity index (χ3n) is 3.53. The zero-order valence-electron chi connectivity index (χ0n) is 13.7. The SMILES string of the molecule is COCc1cccc(NS(=O)(=O)c2cc(C(=O)O)c(C)cc2C)c1. The van der Waals surface area contributed by atoms with Gasteiger partial charge in [0.15, 0.2) is 0 Å². The average Bonchev–Trinajstić information content (AvgIpc) is 2.46. The molecule has 0 radical (unpaired) electrons. The van der Waals surface area contributed by atoms with E-state index in [1.165, 1.54) is 6.07 Å². The van der Waals surface area contributed by atoms with E-state index in [1.54, 1.807) is 45.2 Å². The van der Waals surface area contributed by atoms with Crippen molar-refractivity contribution in [2.24, 2.45) is 0 Å². The van der Waals surface area contributed by atoms with E-state index < -0.39 is 16.0 Å². The second-order valence-electron chi connectivity index (χ2n) is 5.48. The maximum atomic E-state index is 12.6. The van der Waals surface area contributed by atoms with Crippen LogP contribution in [0.3, 0.4) is 0 Å². The van der Waals surface area contributed by atoms with Gasteiger partial charge in [-0.2, -0.15) is 0 Å². The first-order valence-corrected chi connectivity index (χ1v) is 8.68. The van der Waals surface area contributed by atoms with Crippen LogP contribution in [0.4, 0.5) is 5.69 Å². The van der Waals surface area contributed by atoms with Crippen LogP contribution in [0.2, 0.25) is 0 Å². The van der Waals surface area contributed by atoms with E-state index in [0.29, 0.717) is 23.4 Å². The summed E-state index contributed by atoms with van der Waals surface area (Å²) in [4.78, 5) is 11.2. The van der Waals surface area contributed by atoms with E-state index in [1.807, 2.05) is 6.07 Å². The molecule has 2 rings (SSSR count). The quantitative estimate of drug-likeness (QED) is 0.836. The van der Waals surface area contributed by atoms with Gasteiger partial charge < -0.3 is 9.84 Å². The molecule has 2 N–H and O–H groups in total. The summed E-state index contributed by atoms with van der Waals surface area (Å²) in [7, 11) is -2.35. The van der Waals surface area contributed by atoms with Crippen molar-refractivity contribution in [1.29, 1.82) is 0 Å². The first-order chi connectivity index (χ1) is 11.2. The van der Waals surface area contributed by atoms with E-state index >= 15 is 0 Å². The monoisotopic (exact) mass is 349 g/mol. The van der Waals surface area contributed by atoms with E-state index in [0.717, 1.165) is 5.56 Å². The molecule has 0 bridgehead atoms. The molecule has 0 heterocycles. The van der Waals surface area contributed by atoms with Gasteiger partial charge >= 0.3 is 5.97 Å².